The van der Waals surface area contributed by atoms with Crippen LogP contribution in [0.2, 0.25) is 0 Å². The zero-order valence-corrected chi connectivity index (χ0v) is 18.2. The van der Waals surface area contributed by atoms with Crippen molar-refractivity contribution in [2.45, 2.75) is 45.0 Å². The number of aryl methyl sites for hydroxylation is 2. The van der Waals surface area contributed by atoms with Gasteiger partial charge in [0.2, 0.25) is 5.16 Å². The van der Waals surface area contributed by atoms with Crippen molar-refractivity contribution in [1.29, 1.82) is 0 Å². The van der Waals surface area contributed by atoms with E-state index in [-0.39, 0.29) is 5.91 Å². The van der Waals surface area contributed by atoms with Gasteiger partial charge >= 0.3 is 0 Å². The first-order valence-corrected chi connectivity index (χ1v) is 11.1. The number of thioether (sulfide) groups is 1. The summed E-state index contributed by atoms with van der Waals surface area (Å²) in [6.45, 7) is 10.1. The summed E-state index contributed by atoms with van der Waals surface area (Å²) in [5, 5.41) is 5.24. The minimum atomic E-state index is 0.135. The molecule has 1 aliphatic rings. The van der Waals surface area contributed by atoms with Gasteiger partial charge in [0.1, 0.15) is 0 Å². The van der Waals surface area contributed by atoms with Gasteiger partial charge in [-0.1, -0.05) is 43.8 Å². The van der Waals surface area contributed by atoms with Crippen molar-refractivity contribution in [1.82, 2.24) is 24.5 Å². The summed E-state index contributed by atoms with van der Waals surface area (Å²) in [6.07, 6.45) is 1.19. The molecule has 2 unspecified atom stereocenters. The number of aromatic nitrogens is 4. The second-order valence-corrected chi connectivity index (χ2v) is 9.19. The van der Waals surface area contributed by atoms with Crippen LogP contribution >= 0.6 is 11.8 Å². The maximum atomic E-state index is 13.2. The lowest BCUT2D eigenvalue weighted by molar-refractivity contribution is 0.0622. The highest BCUT2D eigenvalue weighted by Gasteiger charge is 2.27. The van der Waals surface area contributed by atoms with Crippen LogP contribution in [0.4, 0.5) is 0 Å². The molecule has 3 aromatic rings. The summed E-state index contributed by atoms with van der Waals surface area (Å²) in [5.41, 5.74) is 3.75. The van der Waals surface area contributed by atoms with E-state index in [0.29, 0.717) is 28.5 Å². The molecule has 29 heavy (non-hydrogen) atoms. The van der Waals surface area contributed by atoms with E-state index in [0.717, 1.165) is 35.6 Å². The molecule has 0 aliphatic carbocycles. The maximum absolute atomic E-state index is 13.2. The fourth-order valence-corrected chi connectivity index (χ4v) is 5.03. The van der Waals surface area contributed by atoms with E-state index in [9.17, 15) is 4.79 Å². The van der Waals surface area contributed by atoms with Gasteiger partial charge in [-0.25, -0.2) is 9.50 Å². The number of carbonyl (C=O) groups is 1. The van der Waals surface area contributed by atoms with E-state index in [1.54, 1.807) is 4.52 Å². The quantitative estimate of drug-likeness (QED) is 0.606. The molecule has 1 saturated heterocycles. The average molecular weight is 410 g/mol. The Kier molecular flexibility index (Phi) is 5.58. The lowest BCUT2D eigenvalue weighted by Crippen LogP contribution is -2.42. The van der Waals surface area contributed by atoms with E-state index >= 15 is 0 Å². The maximum Gasteiger partial charge on any atom is 0.254 e. The Morgan fingerprint density at radius 1 is 1.14 bits per heavy atom. The monoisotopic (exact) mass is 409 g/mol. The van der Waals surface area contributed by atoms with Crippen LogP contribution in [0.25, 0.3) is 5.78 Å². The van der Waals surface area contributed by atoms with E-state index < -0.39 is 0 Å². The first-order chi connectivity index (χ1) is 13.9. The molecule has 4 rings (SSSR count). The molecular weight excluding hydrogens is 382 g/mol. The minimum absolute atomic E-state index is 0.135. The molecule has 2 atom stereocenters. The summed E-state index contributed by atoms with van der Waals surface area (Å²) in [5.74, 6) is 2.49. The van der Waals surface area contributed by atoms with E-state index in [2.05, 4.69) is 28.9 Å². The Morgan fingerprint density at radius 2 is 1.86 bits per heavy atom. The van der Waals surface area contributed by atoms with Crippen molar-refractivity contribution in [3.8, 4) is 0 Å². The molecule has 7 heteroatoms. The fraction of sp³-hybridized carbons (Fsp3) is 0.455. The number of hydrogen-bond donors (Lipinski definition) is 0. The number of hydrogen-bond acceptors (Lipinski definition) is 5. The Hall–Kier alpha value is -2.41. The van der Waals surface area contributed by atoms with Crippen LogP contribution in [-0.2, 0) is 5.75 Å². The van der Waals surface area contributed by atoms with Gasteiger partial charge in [-0.2, -0.15) is 4.98 Å². The average Bonchev–Trinajstić information content (AvgIpc) is 3.08. The summed E-state index contributed by atoms with van der Waals surface area (Å²) < 4.78 is 1.77. The van der Waals surface area contributed by atoms with Gasteiger partial charge in [0.25, 0.3) is 11.7 Å². The third kappa shape index (κ3) is 4.29. The lowest BCUT2D eigenvalue weighted by Gasteiger charge is -2.35. The first kappa shape index (κ1) is 19.9. The van der Waals surface area contributed by atoms with Gasteiger partial charge in [0.15, 0.2) is 0 Å². The molecule has 1 aliphatic heterocycles. The van der Waals surface area contributed by atoms with Crippen LogP contribution < -0.4 is 0 Å². The molecule has 0 N–H and O–H groups in total. The normalized spacial score (nSPS) is 19.7. The van der Waals surface area contributed by atoms with Crippen LogP contribution in [0.15, 0.2) is 35.5 Å². The number of carbonyl (C=O) groups excluding carboxylic acids is 1. The molecule has 0 radical (unpaired) electrons. The Bertz CT molecular complexity index is 1040. The summed E-state index contributed by atoms with van der Waals surface area (Å²) >= 11 is 1.54. The number of nitrogens with zero attached hydrogens (tertiary/aromatic N) is 5. The van der Waals surface area contributed by atoms with Crippen LogP contribution in [0.5, 0.6) is 0 Å². The van der Waals surface area contributed by atoms with E-state index in [4.69, 9.17) is 0 Å². The van der Waals surface area contributed by atoms with Crippen LogP contribution in [-0.4, -0.2) is 43.5 Å². The van der Waals surface area contributed by atoms with Gasteiger partial charge in [-0.15, -0.1) is 5.10 Å². The molecule has 6 nitrogen and oxygen atoms in total. The molecule has 1 aromatic carbocycles. The Labute approximate surface area is 175 Å². The third-order valence-electron chi connectivity index (χ3n) is 5.36. The van der Waals surface area contributed by atoms with Crippen LogP contribution in [0.3, 0.4) is 0 Å². The van der Waals surface area contributed by atoms with Gasteiger partial charge in [-0.05, 0) is 49.8 Å². The highest BCUT2D eigenvalue weighted by Crippen LogP contribution is 2.26. The number of amides is 1. The summed E-state index contributed by atoms with van der Waals surface area (Å²) in [6, 6.07) is 9.89. The highest BCUT2D eigenvalue weighted by atomic mass is 32.2. The summed E-state index contributed by atoms with van der Waals surface area (Å²) in [4.78, 5) is 24.2. The molecule has 1 fully saturated rings. The van der Waals surface area contributed by atoms with Gasteiger partial charge in [-0.3, -0.25) is 4.79 Å². The van der Waals surface area contributed by atoms with Gasteiger partial charge < -0.3 is 4.90 Å². The number of benzene rings is 1. The van der Waals surface area contributed by atoms with Crippen molar-refractivity contribution in [2.75, 3.05) is 13.1 Å². The summed E-state index contributed by atoms with van der Waals surface area (Å²) in [7, 11) is 0. The molecular formula is C22H27N5OS. The molecule has 3 heterocycles. The first-order valence-electron chi connectivity index (χ1n) is 10.1. The van der Waals surface area contributed by atoms with Gasteiger partial charge in [0, 0.05) is 35.8 Å². The van der Waals surface area contributed by atoms with E-state index in [1.165, 1.54) is 18.2 Å². The highest BCUT2D eigenvalue weighted by molar-refractivity contribution is 7.98. The molecule has 2 aromatic heterocycles. The molecule has 152 valence electrons. The van der Waals surface area contributed by atoms with Crippen molar-refractivity contribution >= 4 is 23.4 Å². The second kappa shape index (κ2) is 8.14. The van der Waals surface area contributed by atoms with Gasteiger partial charge in [0.05, 0.1) is 0 Å². The van der Waals surface area contributed by atoms with Crippen molar-refractivity contribution in [3.05, 3.63) is 52.8 Å². The van der Waals surface area contributed by atoms with Crippen LogP contribution in [0.1, 0.15) is 47.6 Å². The van der Waals surface area contributed by atoms with Crippen molar-refractivity contribution in [3.63, 3.8) is 0 Å². The van der Waals surface area contributed by atoms with Crippen molar-refractivity contribution < 1.29 is 4.79 Å². The minimum Gasteiger partial charge on any atom is -0.338 e. The number of fused-ring (bicyclic) bond motifs is 1. The molecule has 0 saturated carbocycles. The smallest absolute Gasteiger partial charge is 0.254 e. The SMILES string of the molecule is Cc1cc(C)n2nc(SCc3ccccc3C(=O)N3CC(C)CC(C)C3)nc2n1. The number of piperidine rings is 1. The lowest BCUT2D eigenvalue weighted by atomic mass is 9.91. The number of likely N-dealkylation sites (tertiary alicyclic amines) is 1. The zero-order chi connectivity index (χ0) is 20.5. The van der Waals surface area contributed by atoms with Crippen LogP contribution in [0, 0.1) is 25.7 Å². The topological polar surface area (TPSA) is 63.4 Å². The van der Waals surface area contributed by atoms with Crippen molar-refractivity contribution in [2.24, 2.45) is 11.8 Å². The largest absolute Gasteiger partial charge is 0.338 e. The fourth-order valence-electron chi connectivity index (χ4n) is 4.21. The Balaban J connectivity index is 1.53. The number of rotatable bonds is 4. The second-order valence-electron chi connectivity index (χ2n) is 8.25. The predicted molar refractivity (Wildman–Crippen MR) is 115 cm³/mol. The molecule has 0 spiro atoms. The standard InChI is InChI=1S/C22H27N5OS/c1-14-9-15(2)12-26(11-14)20(28)19-8-6-5-7-18(19)13-29-22-24-21-23-16(3)10-17(4)27(21)25-22/h5-8,10,14-15H,9,11-13H2,1-4H3. The van der Waals surface area contributed by atoms with E-state index in [1.807, 2.05) is 49.1 Å². The predicted octanol–water partition coefficient (Wildman–Crippen LogP) is 4.15. The third-order valence-corrected chi connectivity index (χ3v) is 6.25. The Morgan fingerprint density at radius 3 is 2.62 bits per heavy atom. The molecule has 1 amide bonds. The zero-order valence-electron chi connectivity index (χ0n) is 17.4. The molecule has 0 bridgehead atoms.